The van der Waals surface area contributed by atoms with Crippen LogP contribution >= 0.6 is 7.26 Å². The smallest absolute Gasteiger partial charge is 0.0842 e. The van der Waals surface area contributed by atoms with Crippen molar-refractivity contribution >= 4 is 12.9 Å². The monoisotopic (exact) mass is 343 g/mol. The minimum absolute atomic E-state index is 0. The fourth-order valence-electron chi connectivity index (χ4n) is 3.06. The molecule has 0 atom stereocenters. The lowest BCUT2D eigenvalue weighted by Crippen LogP contribution is -3.00. The first kappa shape index (κ1) is 21.7. The maximum absolute atomic E-state index is 5.84. The summed E-state index contributed by atoms with van der Waals surface area (Å²) in [6.07, 6.45) is 14.1. The van der Waals surface area contributed by atoms with Crippen LogP contribution in [-0.4, -0.2) is 18.5 Å². The van der Waals surface area contributed by atoms with E-state index in [1.165, 1.54) is 68.7 Å². The molecule has 0 aromatic heterocycles. The first-order valence-electron chi connectivity index (χ1n) is 8.85. The highest BCUT2D eigenvalue weighted by atomic mass is 35.5. The standard InChI is InChI=1S/C19H35NP.ClH/c1-4-7-14-21(15-8-5-2,16-9-6-3)17-18-10-12-19(20)13-11-18;/h10-13H,4-9,14-17,20H2,1-3H3;1H/q+1;/p-1. The zero-order chi connectivity index (χ0) is 15.6. The van der Waals surface area contributed by atoms with Crippen molar-refractivity contribution < 1.29 is 12.4 Å². The van der Waals surface area contributed by atoms with E-state index in [1.54, 1.807) is 0 Å². The van der Waals surface area contributed by atoms with Gasteiger partial charge in [0.2, 0.25) is 0 Å². The average molecular weight is 344 g/mol. The quantitative estimate of drug-likeness (QED) is 0.484. The Kier molecular flexibility index (Phi) is 12.1. The summed E-state index contributed by atoms with van der Waals surface area (Å²) >= 11 is 0. The summed E-state index contributed by atoms with van der Waals surface area (Å²) in [5.41, 5.74) is 8.24. The molecule has 3 heteroatoms. The van der Waals surface area contributed by atoms with Crippen molar-refractivity contribution in [2.24, 2.45) is 0 Å². The molecule has 0 saturated carbocycles. The van der Waals surface area contributed by atoms with Crippen LogP contribution in [-0.2, 0) is 6.16 Å². The molecule has 1 rings (SSSR count). The fraction of sp³-hybridized carbons (Fsp3) is 0.684. The van der Waals surface area contributed by atoms with Crippen LogP contribution in [0.15, 0.2) is 24.3 Å². The molecule has 0 amide bonds. The molecule has 0 radical (unpaired) electrons. The molecule has 0 aliphatic carbocycles. The number of nitrogen functional groups attached to an aromatic ring is 1. The van der Waals surface area contributed by atoms with E-state index >= 15 is 0 Å². The van der Waals surface area contributed by atoms with Gasteiger partial charge in [0.1, 0.15) is 0 Å². The van der Waals surface area contributed by atoms with Gasteiger partial charge >= 0.3 is 0 Å². The van der Waals surface area contributed by atoms with Crippen molar-refractivity contribution in [3.05, 3.63) is 29.8 Å². The average Bonchev–Trinajstić information content (AvgIpc) is 2.51. The summed E-state index contributed by atoms with van der Waals surface area (Å²) in [5.74, 6) is 0. The van der Waals surface area contributed by atoms with Crippen LogP contribution in [0.4, 0.5) is 5.69 Å². The molecule has 1 nitrogen and oxygen atoms in total. The van der Waals surface area contributed by atoms with Crippen LogP contribution < -0.4 is 18.1 Å². The van der Waals surface area contributed by atoms with Crippen LogP contribution in [0.2, 0.25) is 0 Å². The third-order valence-electron chi connectivity index (χ3n) is 4.46. The number of benzene rings is 1. The van der Waals surface area contributed by atoms with Crippen LogP contribution in [0, 0.1) is 0 Å². The Labute approximate surface area is 145 Å². The SMILES string of the molecule is CCCC[P+](CCCC)(CCCC)Cc1ccc(N)cc1.[Cl-]. The zero-order valence-corrected chi connectivity index (χ0v) is 16.4. The lowest BCUT2D eigenvalue weighted by molar-refractivity contribution is -0.00000477. The van der Waals surface area contributed by atoms with Gasteiger partial charge < -0.3 is 18.1 Å². The van der Waals surface area contributed by atoms with E-state index in [0.29, 0.717) is 0 Å². The molecule has 128 valence electrons. The van der Waals surface area contributed by atoms with Gasteiger partial charge in [0.15, 0.2) is 0 Å². The second kappa shape index (κ2) is 12.2. The van der Waals surface area contributed by atoms with Crippen molar-refractivity contribution in [2.75, 3.05) is 24.2 Å². The van der Waals surface area contributed by atoms with Gasteiger partial charge in [-0.3, -0.25) is 0 Å². The van der Waals surface area contributed by atoms with Crippen molar-refractivity contribution in [3.63, 3.8) is 0 Å². The van der Waals surface area contributed by atoms with Gasteiger partial charge in [-0.05, 0) is 37.0 Å². The van der Waals surface area contributed by atoms with E-state index in [1.807, 2.05) is 0 Å². The Morgan fingerprint density at radius 2 is 1.18 bits per heavy atom. The van der Waals surface area contributed by atoms with E-state index < -0.39 is 7.26 Å². The molecule has 0 unspecified atom stereocenters. The van der Waals surface area contributed by atoms with E-state index in [0.717, 1.165) is 5.69 Å². The number of halogens is 1. The van der Waals surface area contributed by atoms with Crippen LogP contribution in [0.1, 0.15) is 64.9 Å². The number of hydrogen-bond acceptors (Lipinski definition) is 1. The van der Waals surface area contributed by atoms with Crippen molar-refractivity contribution in [1.29, 1.82) is 0 Å². The van der Waals surface area contributed by atoms with Crippen LogP contribution in [0.25, 0.3) is 0 Å². The molecule has 0 bridgehead atoms. The number of hydrogen-bond donors (Lipinski definition) is 1. The number of anilines is 1. The summed E-state index contributed by atoms with van der Waals surface area (Å²) in [5, 5.41) is 0. The molecule has 0 spiro atoms. The Bertz CT molecular complexity index is 356. The Morgan fingerprint density at radius 3 is 1.55 bits per heavy atom. The van der Waals surface area contributed by atoms with Crippen molar-refractivity contribution in [1.82, 2.24) is 0 Å². The summed E-state index contributed by atoms with van der Waals surface area (Å²) in [6, 6.07) is 8.66. The van der Waals surface area contributed by atoms with Gasteiger partial charge in [0.05, 0.1) is 24.6 Å². The minimum atomic E-state index is -0.824. The second-order valence-electron chi connectivity index (χ2n) is 6.47. The highest BCUT2D eigenvalue weighted by Crippen LogP contribution is 2.63. The van der Waals surface area contributed by atoms with Gasteiger partial charge in [-0.25, -0.2) is 0 Å². The topological polar surface area (TPSA) is 26.0 Å². The van der Waals surface area contributed by atoms with Gasteiger partial charge in [0, 0.05) is 12.9 Å². The van der Waals surface area contributed by atoms with E-state index in [4.69, 9.17) is 5.73 Å². The van der Waals surface area contributed by atoms with Gasteiger partial charge in [-0.15, -0.1) is 0 Å². The minimum Gasteiger partial charge on any atom is -1.00 e. The predicted octanol–water partition coefficient (Wildman–Crippen LogP) is 3.19. The number of nitrogens with two attached hydrogens (primary N) is 1. The molecule has 0 aliphatic heterocycles. The van der Waals surface area contributed by atoms with Crippen molar-refractivity contribution in [2.45, 2.75) is 65.5 Å². The molecule has 1 aromatic carbocycles. The molecule has 0 saturated heterocycles. The van der Waals surface area contributed by atoms with E-state index in [9.17, 15) is 0 Å². The second-order valence-corrected chi connectivity index (χ2v) is 10.8. The highest BCUT2D eigenvalue weighted by Gasteiger charge is 2.35. The van der Waals surface area contributed by atoms with Crippen LogP contribution in [0.3, 0.4) is 0 Å². The molecule has 1 aromatic rings. The number of unbranched alkanes of at least 4 members (excludes halogenated alkanes) is 3. The predicted molar refractivity (Wildman–Crippen MR) is 101 cm³/mol. The third kappa shape index (κ3) is 7.84. The van der Waals surface area contributed by atoms with Crippen molar-refractivity contribution in [3.8, 4) is 0 Å². The summed E-state index contributed by atoms with van der Waals surface area (Å²) in [7, 11) is -0.824. The first-order valence-corrected chi connectivity index (χ1v) is 11.4. The van der Waals surface area contributed by atoms with Crippen LogP contribution in [0.5, 0.6) is 0 Å². The van der Waals surface area contributed by atoms with Gasteiger partial charge in [-0.2, -0.15) is 0 Å². The molecular formula is C19H35ClNP. The number of rotatable bonds is 11. The summed E-state index contributed by atoms with van der Waals surface area (Å²) < 4.78 is 0. The first-order chi connectivity index (χ1) is 10.2. The lowest BCUT2D eigenvalue weighted by atomic mass is 10.2. The fourth-order valence-corrected chi connectivity index (χ4v) is 8.16. The molecule has 0 heterocycles. The summed E-state index contributed by atoms with van der Waals surface area (Å²) in [4.78, 5) is 0. The van der Waals surface area contributed by atoms with E-state index in [2.05, 4.69) is 45.0 Å². The van der Waals surface area contributed by atoms with Gasteiger partial charge in [0.25, 0.3) is 0 Å². The highest BCUT2D eigenvalue weighted by molar-refractivity contribution is 7.75. The zero-order valence-electron chi connectivity index (χ0n) is 14.8. The van der Waals surface area contributed by atoms with E-state index in [-0.39, 0.29) is 12.4 Å². The normalized spacial score (nSPS) is 11.2. The van der Waals surface area contributed by atoms with Gasteiger partial charge in [-0.1, -0.05) is 52.2 Å². The maximum Gasteiger partial charge on any atom is 0.0842 e. The molecule has 0 aliphatic rings. The Morgan fingerprint density at radius 1 is 0.773 bits per heavy atom. The third-order valence-corrected chi connectivity index (χ3v) is 9.29. The lowest BCUT2D eigenvalue weighted by Gasteiger charge is -2.28. The Balaban J connectivity index is 0.00000441. The summed E-state index contributed by atoms with van der Waals surface area (Å²) in [6.45, 7) is 6.99. The Hall–Kier alpha value is -0.260. The molecular weight excluding hydrogens is 309 g/mol. The maximum atomic E-state index is 5.84. The molecule has 0 fully saturated rings. The molecule has 22 heavy (non-hydrogen) atoms. The largest absolute Gasteiger partial charge is 1.00 e. The molecule has 2 N–H and O–H groups in total.